The molecule has 76 valence electrons. The fraction of sp³-hybridized carbons (Fsp3) is 0.333. The molecule has 0 aliphatic carbocycles. The number of halogens is 2. The van der Waals surface area contributed by atoms with Crippen LogP contribution in [0, 0.1) is 6.92 Å². The first-order chi connectivity index (χ1) is 6.60. The molecule has 0 aliphatic heterocycles. The van der Waals surface area contributed by atoms with E-state index in [4.69, 9.17) is 5.73 Å². The van der Waals surface area contributed by atoms with E-state index < -0.39 is 12.1 Å². The standard InChI is InChI=1S/C9H10F2N2O/c1-5-2-6(4-14)7(3-12)8(13-5)9(10)11/h2,4,9H,3,12H2,1H3. The molecule has 0 saturated heterocycles. The van der Waals surface area contributed by atoms with Gasteiger partial charge < -0.3 is 5.73 Å². The van der Waals surface area contributed by atoms with Crippen LogP contribution in [0.5, 0.6) is 0 Å². The second kappa shape index (κ2) is 4.23. The van der Waals surface area contributed by atoms with E-state index in [-0.39, 0.29) is 17.7 Å². The first kappa shape index (κ1) is 10.7. The van der Waals surface area contributed by atoms with Crippen LogP contribution in [-0.4, -0.2) is 11.3 Å². The number of nitrogens with zero attached hydrogens (tertiary/aromatic N) is 1. The Morgan fingerprint density at radius 2 is 2.29 bits per heavy atom. The third-order valence-corrected chi connectivity index (χ3v) is 1.86. The lowest BCUT2D eigenvalue weighted by Crippen LogP contribution is -2.09. The van der Waals surface area contributed by atoms with E-state index in [0.717, 1.165) is 0 Å². The topological polar surface area (TPSA) is 56.0 Å². The Morgan fingerprint density at radius 3 is 2.71 bits per heavy atom. The molecule has 1 aromatic rings. The fourth-order valence-electron chi connectivity index (χ4n) is 1.26. The summed E-state index contributed by atoms with van der Waals surface area (Å²) in [4.78, 5) is 14.2. The monoisotopic (exact) mass is 200 g/mol. The van der Waals surface area contributed by atoms with E-state index in [2.05, 4.69) is 4.98 Å². The molecule has 0 saturated carbocycles. The summed E-state index contributed by atoms with van der Waals surface area (Å²) in [6.07, 6.45) is -2.19. The van der Waals surface area contributed by atoms with Gasteiger partial charge in [0.2, 0.25) is 0 Å². The van der Waals surface area contributed by atoms with Crippen LogP contribution in [-0.2, 0) is 6.54 Å². The molecule has 14 heavy (non-hydrogen) atoms. The van der Waals surface area contributed by atoms with Gasteiger partial charge >= 0.3 is 0 Å². The van der Waals surface area contributed by atoms with E-state index in [1.807, 2.05) is 0 Å². The smallest absolute Gasteiger partial charge is 0.280 e. The van der Waals surface area contributed by atoms with Gasteiger partial charge in [0.05, 0.1) is 0 Å². The zero-order chi connectivity index (χ0) is 10.7. The highest BCUT2D eigenvalue weighted by Crippen LogP contribution is 2.23. The van der Waals surface area contributed by atoms with E-state index in [1.54, 1.807) is 6.92 Å². The Labute approximate surface area is 79.9 Å². The van der Waals surface area contributed by atoms with Crippen LogP contribution in [0.4, 0.5) is 8.78 Å². The minimum absolute atomic E-state index is 0.110. The number of alkyl halides is 2. The van der Waals surface area contributed by atoms with Crippen LogP contribution < -0.4 is 5.73 Å². The normalized spacial score (nSPS) is 10.6. The molecular weight excluding hydrogens is 190 g/mol. The minimum atomic E-state index is -2.70. The maximum atomic E-state index is 12.5. The highest BCUT2D eigenvalue weighted by molar-refractivity contribution is 5.77. The number of carbonyl (C=O) groups is 1. The van der Waals surface area contributed by atoms with Gasteiger partial charge in [-0.05, 0) is 13.0 Å². The van der Waals surface area contributed by atoms with Gasteiger partial charge in [0.25, 0.3) is 6.43 Å². The summed E-state index contributed by atoms with van der Waals surface area (Å²) < 4.78 is 25.0. The van der Waals surface area contributed by atoms with Crippen molar-refractivity contribution in [3.8, 4) is 0 Å². The zero-order valence-corrected chi connectivity index (χ0v) is 7.63. The van der Waals surface area contributed by atoms with E-state index >= 15 is 0 Å². The average Bonchev–Trinajstić information content (AvgIpc) is 2.16. The summed E-state index contributed by atoms with van der Waals surface area (Å²) >= 11 is 0. The van der Waals surface area contributed by atoms with Crippen molar-refractivity contribution in [1.29, 1.82) is 0 Å². The average molecular weight is 200 g/mol. The van der Waals surface area contributed by atoms with Gasteiger partial charge in [-0.15, -0.1) is 0 Å². The molecule has 0 radical (unpaired) electrons. The van der Waals surface area contributed by atoms with Crippen molar-refractivity contribution in [3.63, 3.8) is 0 Å². The van der Waals surface area contributed by atoms with Crippen LogP contribution in [0.1, 0.15) is 33.7 Å². The maximum absolute atomic E-state index is 12.5. The first-order valence-corrected chi connectivity index (χ1v) is 4.04. The summed E-state index contributed by atoms with van der Waals surface area (Å²) in [5, 5.41) is 0. The maximum Gasteiger partial charge on any atom is 0.280 e. The van der Waals surface area contributed by atoms with Crippen LogP contribution in [0.25, 0.3) is 0 Å². The highest BCUT2D eigenvalue weighted by atomic mass is 19.3. The Morgan fingerprint density at radius 1 is 1.64 bits per heavy atom. The van der Waals surface area contributed by atoms with Crippen molar-refractivity contribution < 1.29 is 13.6 Å². The predicted octanol–water partition coefficient (Wildman–Crippen LogP) is 1.60. The Bertz CT molecular complexity index is 353. The van der Waals surface area contributed by atoms with Gasteiger partial charge in [-0.3, -0.25) is 9.78 Å². The number of aromatic nitrogens is 1. The van der Waals surface area contributed by atoms with Crippen molar-refractivity contribution in [2.75, 3.05) is 0 Å². The third-order valence-electron chi connectivity index (χ3n) is 1.86. The molecule has 3 nitrogen and oxygen atoms in total. The van der Waals surface area contributed by atoms with Gasteiger partial charge in [-0.25, -0.2) is 8.78 Å². The van der Waals surface area contributed by atoms with Crippen LogP contribution in [0.3, 0.4) is 0 Å². The lowest BCUT2D eigenvalue weighted by atomic mass is 10.1. The molecule has 1 aromatic heterocycles. The molecule has 0 spiro atoms. The Balaban J connectivity index is 3.39. The second-order valence-corrected chi connectivity index (χ2v) is 2.84. The molecule has 0 unspecified atom stereocenters. The molecule has 0 fully saturated rings. The molecule has 0 aromatic carbocycles. The second-order valence-electron chi connectivity index (χ2n) is 2.84. The number of hydrogen-bond donors (Lipinski definition) is 1. The Hall–Kier alpha value is -1.36. The molecule has 0 amide bonds. The number of nitrogens with two attached hydrogens (primary N) is 1. The van der Waals surface area contributed by atoms with Crippen molar-refractivity contribution in [2.24, 2.45) is 5.73 Å². The van der Waals surface area contributed by atoms with Gasteiger partial charge in [0, 0.05) is 23.4 Å². The van der Waals surface area contributed by atoms with Crippen LogP contribution >= 0.6 is 0 Å². The molecule has 0 aliphatic rings. The molecule has 5 heteroatoms. The van der Waals surface area contributed by atoms with Gasteiger partial charge in [-0.1, -0.05) is 0 Å². The van der Waals surface area contributed by atoms with Crippen molar-refractivity contribution in [1.82, 2.24) is 4.98 Å². The number of carbonyl (C=O) groups excluding carboxylic acids is 1. The molecule has 0 atom stereocenters. The molecule has 1 heterocycles. The van der Waals surface area contributed by atoms with E-state index in [1.165, 1.54) is 6.07 Å². The van der Waals surface area contributed by atoms with Crippen molar-refractivity contribution in [3.05, 3.63) is 28.6 Å². The molecule has 0 bridgehead atoms. The Kier molecular flexibility index (Phi) is 3.24. The number of aryl methyl sites for hydroxylation is 1. The summed E-state index contributed by atoms with van der Waals surface area (Å²) in [7, 11) is 0. The largest absolute Gasteiger partial charge is 0.326 e. The molecule has 1 rings (SSSR count). The third kappa shape index (κ3) is 1.93. The minimum Gasteiger partial charge on any atom is -0.326 e. The summed E-state index contributed by atoms with van der Waals surface area (Å²) in [5.74, 6) is 0. The summed E-state index contributed by atoms with van der Waals surface area (Å²) in [5.41, 5.74) is 5.59. The predicted molar refractivity (Wildman–Crippen MR) is 47.2 cm³/mol. The van der Waals surface area contributed by atoms with E-state index in [0.29, 0.717) is 12.0 Å². The van der Waals surface area contributed by atoms with Crippen molar-refractivity contribution in [2.45, 2.75) is 19.9 Å². The quantitative estimate of drug-likeness (QED) is 0.754. The van der Waals surface area contributed by atoms with E-state index in [9.17, 15) is 13.6 Å². The van der Waals surface area contributed by atoms with Gasteiger partial charge in [0.15, 0.2) is 6.29 Å². The summed E-state index contributed by atoms with van der Waals surface area (Å²) in [6.45, 7) is 1.44. The van der Waals surface area contributed by atoms with Crippen LogP contribution in [0.2, 0.25) is 0 Å². The first-order valence-electron chi connectivity index (χ1n) is 4.04. The van der Waals surface area contributed by atoms with Crippen molar-refractivity contribution >= 4 is 6.29 Å². The lowest BCUT2D eigenvalue weighted by molar-refractivity contribution is 0.112. The fourth-order valence-corrected chi connectivity index (χ4v) is 1.26. The van der Waals surface area contributed by atoms with Gasteiger partial charge in [-0.2, -0.15) is 0 Å². The molecular formula is C9H10F2N2O. The number of aldehydes is 1. The summed E-state index contributed by atoms with van der Waals surface area (Å²) in [6, 6.07) is 1.45. The van der Waals surface area contributed by atoms with Crippen LogP contribution in [0.15, 0.2) is 6.07 Å². The van der Waals surface area contributed by atoms with Gasteiger partial charge in [0.1, 0.15) is 5.69 Å². The number of pyridine rings is 1. The zero-order valence-electron chi connectivity index (χ0n) is 7.63. The highest BCUT2D eigenvalue weighted by Gasteiger charge is 2.17. The number of hydrogen-bond acceptors (Lipinski definition) is 3. The number of rotatable bonds is 3. The SMILES string of the molecule is Cc1cc(C=O)c(CN)c(C(F)F)n1. The lowest BCUT2D eigenvalue weighted by Gasteiger charge is -2.09. The molecule has 2 N–H and O–H groups in total.